The molecule has 33 heavy (non-hydrogen) atoms. The first-order valence-corrected chi connectivity index (χ1v) is 12.5. The number of hydrogen-bond donors (Lipinski definition) is 2. The number of para-hydroxylation sites is 1. The van der Waals surface area contributed by atoms with Crippen molar-refractivity contribution in [3.8, 4) is 0 Å². The molecule has 2 fully saturated rings. The lowest BCUT2D eigenvalue weighted by atomic mass is 10.0. The summed E-state index contributed by atoms with van der Waals surface area (Å²) in [5.41, 5.74) is 1.33. The van der Waals surface area contributed by atoms with Gasteiger partial charge in [-0.1, -0.05) is 18.2 Å². The van der Waals surface area contributed by atoms with Gasteiger partial charge in [-0.25, -0.2) is 0 Å². The van der Waals surface area contributed by atoms with Crippen molar-refractivity contribution in [2.45, 2.75) is 39.2 Å². The topological polar surface area (TPSA) is 61.4 Å². The first-order chi connectivity index (χ1) is 15.8. The largest absolute Gasteiger partial charge is 0.381 e. The van der Waals surface area contributed by atoms with Gasteiger partial charge in [0.1, 0.15) is 0 Å². The van der Waals surface area contributed by atoms with Crippen molar-refractivity contribution in [3.05, 3.63) is 30.3 Å². The molecule has 0 amide bonds. The fraction of sp³-hybridized carbons (Fsp3) is 0.720. The minimum atomic E-state index is 0. The van der Waals surface area contributed by atoms with E-state index in [1.54, 1.807) is 0 Å². The van der Waals surface area contributed by atoms with E-state index >= 15 is 0 Å². The Morgan fingerprint density at radius 3 is 2.55 bits per heavy atom. The molecule has 2 N–H and O–H groups in total. The van der Waals surface area contributed by atoms with E-state index < -0.39 is 0 Å². The second-order valence-electron chi connectivity index (χ2n) is 8.84. The van der Waals surface area contributed by atoms with Crippen LogP contribution in [0.2, 0.25) is 0 Å². The highest BCUT2D eigenvalue weighted by atomic mass is 127. The molecule has 1 unspecified atom stereocenters. The van der Waals surface area contributed by atoms with Crippen molar-refractivity contribution in [2.75, 3.05) is 77.1 Å². The molecule has 0 radical (unpaired) electrons. The maximum Gasteiger partial charge on any atom is 0.191 e. The van der Waals surface area contributed by atoms with E-state index in [0.717, 1.165) is 97.5 Å². The Bertz CT molecular complexity index is 649. The molecule has 1 aromatic rings. The van der Waals surface area contributed by atoms with Crippen LogP contribution < -0.4 is 15.5 Å². The molecule has 0 spiro atoms. The molecule has 0 bridgehead atoms. The maximum atomic E-state index is 5.87. The third kappa shape index (κ3) is 10.4. The predicted octanol–water partition coefficient (Wildman–Crippen LogP) is 3.20. The van der Waals surface area contributed by atoms with Crippen LogP contribution in [0.4, 0.5) is 5.69 Å². The van der Waals surface area contributed by atoms with Gasteiger partial charge >= 0.3 is 0 Å². The van der Waals surface area contributed by atoms with E-state index in [4.69, 9.17) is 14.5 Å². The van der Waals surface area contributed by atoms with Crippen LogP contribution in [0.25, 0.3) is 0 Å². The summed E-state index contributed by atoms with van der Waals surface area (Å²) in [5.74, 6) is 1.58. The molecule has 2 aliphatic rings. The summed E-state index contributed by atoms with van der Waals surface area (Å²) in [4.78, 5) is 9.87. The predicted molar refractivity (Wildman–Crippen MR) is 148 cm³/mol. The van der Waals surface area contributed by atoms with Gasteiger partial charge < -0.3 is 25.0 Å². The van der Waals surface area contributed by atoms with Crippen molar-refractivity contribution in [3.63, 3.8) is 0 Å². The van der Waals surface area contributed by atoms with Crippen LogP contribution >= 0.6 is 24.0 Å². The van der Waals surface area contributed by atoms with Gasteiger partial charge in [0.2, 0.25) is 0 Å². The molecule has 8 heteroatoms. The molecule has 0 aliphatic carbocycles. The standard InChI is InChI=1S/C25H43N5O2.HI/c1-3-26-25(27-12-7-17-32-21-23-10-18-31-19-11-23)28-20-22(2)29-13-15-30(16-14-29)24-8-5-4-6-9-24;/h4-6,8-9,22-23H,3,7,10-21H2,1-2H3,(H2,26,27,28);1H. The minimum Gasteiger partial charge on any atom is -0.381 e. The number of nitrogens with one attached hydrogen (secondary N) is 2. The van der Waals surface area contributed by atoms with Gasteiger partial charge in [-0.2, -0.15) is 0 Å². The molecule has 188 valence electrons. The second kappa shape index (κ2) is 16.5. The van der Waals surface area contributed by atoms with E-state index in [-0.39, 0.29) is 24.0 Å². The van der Waals surface area contributed by atoms with E-state index in [1.165, 1.54) is 5.69 Å². The Balaban J connectivity index is 0.00000385. The van der Waals surface area contributed by atoms with E-state index in [9.17, 15) is 0 Å². The minimum absolute atomic E-state index is 0. The summed E-state index contributed by atoms with van der Waals surface area (Å²) in [6, 6.07) is 11.2. The molecule has 1 atom stereocenters. The zero-order valence-electron chi connectivity index (χ0n) is 20.5. The highest BCUT2D eigenvalue weighted by molar-refractivity contribution is 14.0. The van der Waals surface area contributed by atoms with Gasteiger partial charge in [-0.05, 0) is 51.2 Å². The van der Waals surface area contributed by atoms with Crippen LogP contribution in [0.5, 0.6) is 0 Å². The van der Waals surface area contributed by atoms with E-state index in [0.29, 0.717) is 12.0 Å². The Labute approximate surface area is 217 Å². The van der Waals surface area contributed by atoms with Crippen molar-refractivity contribution >= 4 is 35.6 Å². The van der Waals surface area contributed by atoms with Crippen molar-refractivity contribution < 1.29 is 9.47 Å². The van der Waals surface area contributed by atoms with Crippen LogP contribution in [0.15, 0.2) is 35.3 Å². The zero-order valence-corrected chi connectivity index (χ0v) is 22.8. The average Bonchev–Trinajstić information content (AvgIpc) is 2.85. The molecule has 2 aliphatic heterocycles. The van der Waals surface area contributed by atoms with Gasteiger partial charge in [-0.15, -0.1) is 24.0 Å². The first-order valence-electron chi connectivity index (χ1n) is 12.5. The normalized spacial score (nSPS) is 19.1. The lowest BCUT2D eigenvalue weighted by Gasteiger charge is -2.38. The Morgan fingerprint density at radius 2 is 1.85 bits per heavy atom. The third-order valence-corrected chi connectivity index (χ3v) is 6.37. The molecule has 2 heterocycles. The number of nitrogens with zero attached hydrogens (tertiary/aromatic N) is 3. The highest BCUT2D eigenvalue weighted by Crippen LogP contribution is 2.17. The fourth-order valence-electron chi connectivity index (χ4n) is 4.28. The summed E-state index contributed by atoms with van der Waals surface area (Å²) < 4.78 is 11.3. The third-order valence-electron chi connectivity index (χ3n) is 6.37. The number of benzene rings is 1. The van der Waals surface area contributed by atoms with Gasteiger partial charge in [0.15, 0.2) is 5.96 Å². The molecule has 1 aromatic carbocycles. The highest BCUT2D eigenvalue weighted by Gasteiger charge is 2.21. The maximum absolute atomic E-state index is 5.87. The molecule has 0 saturated carbocycles. The summed E-state index contributed by atoms with van der Waals surface area (Å²) >= 11 is 0. The van der Waals surface area contributed by atoms with Crippen molar-refractivity contribution in [1.82, 2.24) is 15.5 Å². The quantitative estimate of drug-likeness (QED) is 0.184. The van der Waals surface area contributed by atoms with Crippen molar-refractivity contribution in [2.24, 2.45) is 10.9 Å². The molecule has 3 rings (SSSR count). The van der Waals surface area contributed by atoms with Gasteiger partial charge in [0, 0.05) is 77.4 Å². The monoisotopic (exact) mass is 573 g/mol. The molecular formula is C25H44IN5O2. The van der Waals surface area contributed by atoms with Gasteiger partial charge in [0.25, 0.3) is 0 Å². The van der Waals surface area contributed by atoms with Crippen molar-refractivity contribution in [1.29, 1.82) is 0 Å². The first kappa shape index (κ1) is 28.1. The summed E-state index contributed by atoms with van der Waals surface area (Å²) in [6.45, 7) is 14.7. The Hall–Kier alpha value is -1.10. The lowest BCUT2D eigenvalue weighted by Crippen LogP contribution is -2.50. The van der Waals surface area contributed by atoms with Crippen LogP contribution in [-0.4, -0.2) is 89.1 Å². The SMILES string of the molecule is CCNC(=NCC(C)N1CCN(c2ccccc2)CC1)NCCCOCC1CCOCC1.I. The molecular weight excluding hydrogens is 529 g/mol. The van der Waals surface area contributed by atoms with E-state index in [1.807, 2.05) is 0 Å². The number of piperazine rings is 1. The van der Waals surface area contributed by atoms with E-state index in [2.05, 4.69) is 64.6 Å². The Kier molecular flexibility index (Phi) is 14.1. The smallest absolute Gasteiger partial charge is 0.191 e. The van der Waals surface area contributed by atoms with Crippen LogP contribution in [0.3, 0.4) is 0 Å². The molecule has 2 saturated heterocycles. The number of guanidine groups is 1. The number of halogens is 1. The zero-order chi connectivity index (χ0) is 22.4. The number of aliphatic imine (C=N–C) groups is 1. The second-order valence-corrected chi connectivity index (χ2v) is 8.84. The summed E-state index contributed by atoms with van der Waals surface area (Å²) in [6.07, 6.45) is 3.26. The number of anilines is 1. The average molecular weight is 574 g/mol. The lowest BCUT2D eigenvalue weighted by molar-refractivity contribution is 0.0203. The number of ether oxygens (including phenoxy) is 2. The molecule has 0 aromatic heterocycles. The van der Waals surface area contributed by atoms with Crippen LogP contribution in [-0.2, 0) is 9.47 Å². The van der Waals surface area contributed by atoms with Crippen LogP contribution in [0.1, 0.15) is 33.1 Å². The fourth-order valence-corrected chi connectivity index (χ4v) is 4.28. The number of rotatable bonds is 11. The molecule has 7 nitrogen and oxygen atoms in total. The summed E-state index contributed by atoms with van der Waals surface area (Å²) in [5, 5.41) is 6.83. The van der Waals surface area contributed by atoms with Crippen LogP contribution in [0, 0.1) is 5.92 Å². The van der Waals surface area contributed by atoms with Gasteiger partial charge in [0.05, 0.1) is 6.54 Å². The number of hydrogen-bond acceptors (Lipinski definition) is 5. The van der Waals surface area contributed by atoms with Gasteiger partial charge in [-0.3, -0.25) is 9.89 Å². The Morgan fingerprint density at radius 1 is 1.12 bits per heavy atom. The summed E-state index contributed by atoms with van der Waals surface area (Å²) in [7, 11) is 0.